The molecule has 1 aliphatic rings. The quantitative estimate of drug-likeness (QED) is 0.878. The van der Waals surface area contributed by atoms with Crippen LogP contribution in [-0.4, -0.2) is 33.1 Å². The van der Waals surface area contributed by atoms with E-state index in [0.29, 0.717) is 24.7 Å². The Morgan fingerprint density at radius 2 is 2.26 bits per heavy atom. The molecule has 0 amide bonds. The van der Waals surface area contributed by atoms with Gasteiger partial charge in [-0.15, -0.1) is 0 Å². The van der Waals surface area contributed by atoms with E-state index in [9.17, 15) is 8.42 Å². The molecular formula is C17H23NO4S. The lowest BCUT2D eigenvalue weighted by atomic mass is 10.1. The Hall–Kier alpha value is -1.53. The van der Waals surface area contributed by atoms with Crippen LogP contribution in [-0.2, 0) is 9.84 Å². The van der Waals surface area contributed by atoms with Gasteiger partial charge in [-0.1, -0.05) is 12.1 Å². The molecule has 1 saturated heterocycles. The first kappa shape index (κ1) is 16.3. The van der Waals surface area contributed by atoms with Crippen LogP contribution >= 0.6 is 0 Å². The largest absolute Gasteiger partial charge is 0.490 e. The van der Waals surface area contributed by atoms with E-state index in [2.05, 4.69) is 5.32 Å². The van der Waals surface area contributed by atoms with Crippen molar-refractivity contribution in [1.82, 2.24) is 5.32 Å². The normalized spacial score (nSPS) is 21.6. The number of nitrogens with one attached hydrogen (secondary N) is 1. The lowest BCUT2D eigenvalue weighted by molar-refractivity contribution is 0.335. The third-order valence-electron chi connectivity index (χ3n) is 4.29. The third kappa shape index (κ3) is 3.70. The molecular weight excluding hydrogens is 314 g/mol. The Balaban J connectivity index is 1.69. The highest BCUT2D eigenvalue weighted by Crippen LogP contribution is 2.31. The summed E-state index contributed by atoms with van der Waals surface area (Å²) in [7, 11) is -2.82. The van der Waals surface area contributed by atoms with Gasteiger partial charge in [-0.25, -0.2) is 8.42 Å². The number of hydrogen-bond donors (Lipinski definition) is 1. The number of sulfone groups is 1. The number of para-hydroxylation sites is 1. The van der Waals surface area contributed by atoms with Gasteiger partial charge in [-0.2, -0.15) is 0 Å². The zero-order chi connectivity index (χ0) is 16.4. The van der Waals surface area contributed by atoms with Crippen LogP contribution < -0.4 is 10.1 Å². The molecule has 2 heterocycles. The summed E-state index contributed by atoms with van der Waals surface area (Å²) < 4.78 is 34.6. The van der Waals surface area contributed by atoms with Gasteiger partial charge in [0.2, 0.25) is 0 Å². The fraction of sp³-hybridized carbons (Fsp3) is 0.529. The second-order valence-electron chi connectivity index (χ2n) is 6.16. The number of hydrogen-bond acceptors (Lipinski definition) is 5. The van der Waals surface area contributed by atoms with Crippen LogP contribution in [0.3, 0.4) is 0 Å². The molecule has 126 valence electrons. The van der Waals surface area contributed by atoms with Crippen molar-refractivity contribution >= 4 is 20.8 Å². The standard InChI is InChI=1S/C17H23NO4S/c1-3-21-15-6-4-5-14-9-16(22-17(14)15)12(2)18-10-13-7-8-23(19,20)11-13/h4-6,9,12-13,18H,3,7-8,10-11H2,1-2H3. The molecule has 1 aromatic carbocycles. The van der Waals surface area contributed by atoms with E-state index in [0.717, 1.165) is 28.9 Å². The molecule has 0 saturated carbocycles. The number of rotatable bonds is 6. The van der Waals surface area contributed by atoms with Crippen molar-refractivity contribution in [2.24, 2.45) is 5.92 Å². The topological polar surface area (TPSA) is 68.5 Å². The third-order valence-corrected chi connectivity index (χ3v) is 6.13. The molecule has 23 heavy (non-hydrogen) atoms. The minimum absolute atomic E-state index is 0.0279. The van der Waals surface area contributed by atoms with Crippen molar-refractivity contribution in [3.63, 3.8) is 0 Å². The van der Waals surface area contributed by atoms with Gasteiger partial charge in [0.25, 0.3) is 0 Å². The molecule has 2 unspecified atom stereocenters. The van der Waals surface area contributed by atoms with Crippen LogP contribution in [0.2, 0.25) is 0 Å². The van der Waals surface area contributed by atoms with Crippen molar-refractivity contribution in [2.75, 3.05) is 24.7 Å². The molecule has 0 radical (unpaired) electrons. The first-order valence-electron chi connectivity index (χ1n) is 8.07. The van der Waals surface area contributed by atoms with Gasteiger partial charge in [-0.3, -0.25) is 0 Å². The van der Waals surface area contributed by atoms with Crippen LogP contribution in [0.15, 0.2) is 28.7 Å². The molecule has 6 heteroatoms. The average Bonchev–Trinajstić information content (AvgIpc) is 3.09. The summed E-state index contributed by atoms with van der Waals surface area (Å²) in [5, 5.41) is 4.41. The van der Waals surface area contributed by atoms with Crippen LogP contribution in [0.1, 0.15) is 32.1 Å². The second-order valence-corrected chi connectivity index (χ2v) is 8.38. The Morgan fingerprint density at radius 1 is 1.43 bits per heavy atom. The molecule has 1 fully saturated rings. The summed E-state index contributed by atoms with van der Waals surface area (Å²) in [4.78, 5) is 0. The second kappa shape index (κ2) is 6.53. The molecule has 2 atom stereocenters. The highest BCUT2D eigenvalue weighted by molar-refractivity contribution is 7.91. The minimum Gasteiger partial charge on any atom is -0.490 e. The maximum absolute atomic E-state index is 11.5. The molecule has 1 aromatic heterocycles. The van der Waals surface area contributed by atoms with Crippen LogP contribution in [0, 0.1) is 5.92 Å². The Labute approximate surface area is 136 Å². The summed E-state index contributed by atoms with van der Waals surface area (Å²) in [5.74, 6) is 2.40. The number of benzene rings is 1. The summed E-state index contributed by atoms with van der Waals surface area (Å²) in [5.41, 5.74) is 0.765. The average molecular weight is 337 g/mol. The van der Waals surface area contributed by atoms with Gasteiger partial charge >= 0.3 is 0 Å². The van der Waals surface area contributed by atoms with Crippen molar-refractivity contribution in [2.45, 2.75) is 26.3 Å². The van der Waals surface area contributed by atoms with Crippen molar-refractivity contribution in [3.8, 4) is 5.75 Å². The number of furan rings is 1. The molecule has 0 aliphatic carbocycles. The molecule has 1 N–H and O–H groups in total. The first-order chi connectivity index (χ1) is 11.0. The first-order valence-corrected chi connectivity index (χ1v) is 9.89. The van der Waals surface area contributed by atoms with Gasteiger partial charge in [0.1, 0.15) is 5.76 Å². The van der Waals surface area contributed by atoms with Crippen molar-refractivity contribution in [1.29, 1.82) is 0 Å². The highest BCUT2D eigenvalue weighted by atomic mass is 32.2. The Bertz CT molecular complexity index is 781. The van der Waals surface area contributed by atoms with Crippen molar-refractivity contribution in [3.05, 3.63) is 30.0 Å². The smallest absolute Gasteiger partial charge is 0.176 e. The molecule has 3 rings (SSSR count). The molecule has 0 bridgehead atoms. The Morgan fingerprint density at radius 3 is 2.96 bits per heavy atom. The van der Waals surface area contributed by atoms with Gasteiger partial charge in [0, 0.05) is 5.39 Å². The summed E-state index contributed by atoms with van der Waals surface area (Å²) >= 11 is 0. The molecule has 2 aromatic rings. The maximum atomic E-state index is 11.5. The van der Waals surface area contributed by atoms with E-state index in [-0.39, 0.29) is 12.0 Å². The fourth-order valence-electron chi connectivity index (χ4n) is 3.02. The van der Waals surface area contributed by atoms with E-state index in [1.807, 2.05) is 38.1 Å². The van der Waals surface area contributed by atoms with Gasteiger partial charge in [0.15, 0.2) is 21.2 Å². The monoisotopic (exact) mass is 337 g/mol. The zero-order valence-corrected chi connectivity index (χ0v) is 14.4. The van der Waals surface area contributed by atoms with E-state index in [1.54, 1.807) is 0 Å². The van der Waals surface area contributed by atoms with Crippen LogP contribution in [0.5, 0.6) is 5.75 Å². The SMILES string of the molecule is CCOc1cccc2cc(C(C)NCC3CCS(=O)(=O)C3)oc12. The van der Waals surface area contributed by atoms with E-state index in [4.69, 9.17) is 9.15 Å². The predicted octanol–water partition coefficient (Wildman–Crippen LogP) is 2.92. The lowest BCUT2D eigenvalue weighted by Crippen LogP contribution is -2.26. The number of ether oxygens (including phenoxy) is 1. The van der Waals surface area contributed by atoms with E-state index < -0.39 is 9.84 Å². The molecule has 0 spiro atoms. The molecule has 1 aliphatic heterocycles. The highest BCUT2D eigenvalue weighted by Gasteiger charge is 2.28. The predicted molar refractivity (Wildman–Crippen MR) is 90.6 cm³/mol. The van der Waals surface area contributed by atoms with Crippen LogP contribution in [0.25, 0.3) is 11.0 Å². The molecule has 5 nitrogen and oxygen atoms in total. The Kier molecular flexibility index (Phi) is 4.64. The minimum atomic E-state index is -2.82. The van der Waals surface area contributed by atoms with Gasteiger partial charge in [0.05, 0.1) is 24.2 Å². The summed E-state index contributed by atoms with van der Waals surface area (Å²) in [6, 6.07) is 7.90. The zero-order valence-electron chi connectivity index (χ0n) is 13.5. The maximum Gasteiger partial charge on any atom is 0.176 e. The number of fused-ring (bicyclic) bond motifs is 1. The summed E-state index contributed by atoms with van der Waals surface area (Å²) in [6.07, 6.45) is 0.747. The van der Waals surface area contributed by atoms with Crippen LogP contribution in [0.4, 0.5) is 0 Å². The fourth-order valence-corrected chi connectivity index (χ4v) is 4.88. The van der Waals surface area contributed by atoms with E-state index in [1.165, 1.54) is 0 Å². The lowest BCUT2D eigenvalue weighted by Gasteiger charge is -2.14. The van der Waals surface area contributed by atoms with Crippen molar-refractivity contribution < 1.29 is 17.6 Å². The van der Waals surface area contributed by atoms with Gasteiger partial charge < -0.3 is 14.5 Å². The van der Waals surface area contributed by atoms with Gasteiger partial charge in [-0.05, 0) is 44.9 Å². The van der Waals surface area contributed by atoms with E-state index >= 15 is 0 Å². The summed E-state index contributed by atoms with van der Waals surface area (Å²) in [6.45, 7) is 5.26.